The Kier molecular flexibility index (Phi) is 3.87. The molecule has 0 spiro atoms. The van der Waals surface area contributed by atoms with E-state index in [9.17, 15) is 0 Å². The van der Waals surface area contributed by atoms with Crippen molar-refractivity contribution in [2.75, 3.05) is 4.90 Å². The molecule has 1 aliphatic heterocycles. The highest BCUT2D eigenvalue weighted by Crippen LogP contribution is 2.28. The van der Waals surface area contributed by atoms with Crippen LogP contribution in [0.5, 0.6) is 0 Å². The van der Waals surface area contributed by atoms with E-state index in [2.05, 4.69) is 77.5 Å². The molecule has 0 atom stereocenters. The first-order chi connectivity index (χ1) is 11.8. The topological polar surface area (TPSA) is 15.6 Å². The Morgan fingerprint density at radius 1 is 0.792 bits per heavy atom. The van der Waals surface area contributed by atoms with Crippen LogP contribution in [0.2, 0.25) is 0 Å². The maximum Gasteiger partial charge on any atom is 0.0630 e. The van der Waals surface area contributed by atoms with Crippen molar-refractivity contribution in [2.24, 2.45) is 4.99 Å². The monoisotopic (exact) mass is 312 g/mol. The van der Waals surface area contributed by atoms with Crippen molar-refractivity contribution < 1.29 is 0 Å². The third-order valence-corrected chi connectivity index (χ3v) is 4.50. The standard InChI is InChI=1S/C22H20N2/c1-17-6-10-21(11-7-17)23-14-18-8-12-22(13-9-18)24-15-19-4-2-3-5-20(19)16-24/h2-14H,15-16H2,1H3. The van der Waals surface area contributed by atoms with Gasteiger partial charge in [0.1, 0.15) is 0 Å². The van der Waals surface area contributed by atoms with E-state index in [-0.39, 0.29) is 0 Å². The third kappa shape index (κ3) is 3.09. The second kappa shape index (κ2) is 6.32. The molecule has 1 aliphatic rings. The minimum absolute atomic E-state index is 0.986. The van der Waals surface area contributed by atoms with Crippen LogP contribution in [-0.2, 0) is 13.1 Å². The van der Waals surface area contributed by atoms with Gasteiger partial charge in [-0.15, -0.1) is 0 Å². The lowest BCUT2D eigenvalue weighted by atomic mass is 10.1. The van der Waals surface area contributed by atoms with E-state index in [4.69, 9.17) is 0 Å². The first-order valence-electron chi connectivity index (χ1n) is 8.30. The summed E-state index contributed by atoms with van der Waals surface area (Å²) in [5.41, 5.74) is 7.49. The molecule has 3 aromatic carbocycles. The highest BCUT2D eigenvalue weighted by atomic mass is 15.1. The molecule has 0 N–H and O–H groups in total. The lowest BCUT2D eigenvalue weighted by Gasteiger charge is -2.17. The molecule has 4 rings (SSSR count). The summed E-state index contributed by atoms with van der Waals surface area (Å²) in [6.45, 7) is 4.07. The number of nitrogens with zero attached hydrogens (tertiary/aromatic N) is 2. The van der Waals surface area contributed by atoms with E-state index >= 15 is 0 Å². The summed E-state index contributed by atoms with van der Waals surface area (Å²) in [4.78, 5) is 6.95. The highest BCUT2D eigenvalue weighted by Gasteiger charge is 2.18. The van der Waals surface area contributed by atoms with Gasteiger partial charge in [-0.1, -0.05) is 54.1 Å². The number of anilines is 1. The van der Waals surface area contributed by atoms with E-state index < -0.39 is 0 Å². The number of fused-ring (bicyclic) bond motifs is 1. The number of hydrogen-bond acceptors (Lipinski definition) is 2. The van der Waals surface area contributed by atoms with Gasteiger partial charge < -0.3 is 4.90 Å². The fourth-order valence-electron chi connectivity index (χ4n) is 3.07. The van der Waals surface area contributed by atoms with Crippen molar-refractivity contribution in [3.8, 4) is 0 Å². The van der Waals surface area contributed by atoms with Crippen molar-refractivity contribution >= 4 is 17.6 Å². The van der Waals surface area contributed by atoms with Crippen LogP contribution < -0.4 is 4.90 Å². The number of rotatable bonds is 3. The zero-order valence-electron chi connectivity index (χ0n) is 13.8. The molecule has 24 heavy (non-hydrogen) atoms. The molecule has 1 heterocycles. The molecule has 0 aromatic heterocycles. The number of hydrogen-bond donors (Lipinski definition) is 0. The molecule has 0 unspecified atom stereocenters. The first kappa shape index (κ1) is 14.7. The molecule has 0 radical (unpaired) electrons. The molecule has 118 valence electrons. The van der Waals surface area contributed by atoms with Gasteiger partial charge in [0, 0.05) is 25.0 Å². The van der Waals surface area contributed by atoms with Gasteiger partial charge in [-0.3, -0.25) is 4.99 Å². The van der Waals surface area contributed by atoms with Gasteiger partial charge in [-0.25, -0.2) is 0 Å². The summed E-state index contributed by atoms with van der Waals surface area (Å²) in [5, 5.41) is 0. The van der Waals surface area contributed by atoms with Crippen molar-refractivity contribution in [3.63, 3.8) is 0 Å². The smallest absolute Gasteiger partial charge is 0.0630 e. The maximum atomic E-state index is 4.54. The fourth-order valence-corrected chi connectivity index (χ4v) is 3.07. The Morgan fingerprint density at radius 2 is 1.42 bits per heavy atom. The summed E-state index contributed by atoms with van der Waals surface area (Å²) in [7, 11) is 0. The summed E-state index contributed by atoms with van der Waals surface area (Å²) in [6.07, 6.45) is 1.92. The van der Waals surface area contributed by atoms with Crippen LogP contribution in [0.3, 0.4) is 0 Å². The van der Waals surface area contributed by atoms with E-state index in [0.717, 1.165) is 24.3 Å². The van der Waals surface area contributed by atoms with Crippen LogP contribution in [0.15, 0.2) is 77.8 Å². The summed E-state index contributed by atoms with van der Waals surface area (Å²) in [5.74, 6) is 0. The van der Waals surface area contributed by atoms with Crippen LogP contribution >= 0.6 is 0 Å². The average molecular weight is 312 g/mol. The van der Waals surface area contributed by atoms with E-state index in [0.29, 0.717) is 0 Å². The van der Waals surface area contributed by atoms with Crippen molar-refractivity contribution in [1.82, 2.24) is 0 Å². The predicted octanol–water partition coefficient (Wildman–Crippen LogP) is 5.27. The largest absolute Gasteiger partial charge is 0.363 e. The Balaban J connectivity index is 1.46. The number of aryl methyl sites for hydroxylation is 1. The highest BCUT2D eigenvalue weighted by molar-refractivity contribution is 5.82. The van der Waals surface area contributed by atoms with Crippen LogP contribution in [0.4, 0.5) is 11.4 Å². The normalized spacial score (nSPS) is 13.5. The Labute approximate surface area is 143 Å². The summed E-state index contributed by atoms with van der Waals surface area (Å²) >= 11 is 0. The van der Waals surface area contributed by atoms with Gasteiger partial charge in [0.25, 0.3) is 0 Å². The third-order valence-electron chi connectivity index (χ3n) is 4.50. The molecule has 0 amide bonds. The number of aliphatic imine (C=N–C) groups is 1. The Bertz CT molecular complexity index is 836. The average Bonchev–Trinajstić information content (AvgIpc) is 3.06. The molecular weight excluding hydrogens is 292 g/mol. The first-order valence-corrected chi connectivity index (χ1v) is 8.30. The Hall–Kier alpha value is -2.87. The molecular formula is C22H20N2. The van der Waals surface area contributed by atoms with E-state index in [1.807, 2.05) is 18.3 Å². The minimum atomic E-state index is 0.986. The van der Waals surface area contributed by atoms with Gasteiger partial charge >= 0.3 is 0 Å². The Morgan fingerprint density at radius 3 is 2.04 bits per heavy atom. The van der Waals surface area contributed by atoms with E-state index in [1.54, 1.807) is 0 Å². The van der Waals surface area contributed by atoms with Gasteiger partial charge in [-0.2, -0.15) is 0 Å². The molecule has 0 saturated carbocycles. The van der Waals surface area contributed by atoms with Gasteiger partial charge in [0.15, 0.2) is 0 Å². The van der Waals surface area contributed by atoms with Gasteiger partial charge in [-0.05, 0) is 47.9 Å². The molecule has 2 nitrogen and oxygen atoms in total. The molecule has 2 heteroatoms. The zero-order valence-corrected chi connectivity index (χ0v) is 13.8. The van der Waals surface area contributed by atoms with Crippen LogP contribution in [0.1, 0.15) is 22.3 Å². The number of benzene rings is 3. The lowest BCUT2D eigenvalue weighted by Crippen LogP contribution is -2.14. The van der Waals surface area contributed by atoms with Gasteiger partial charge in [0.2, 0.25) is 0 Å². The molecule has 0 bridgehead atoms. The molecule has 3 aromatic rings. The molecule has 0 saturated heterocycles. The van der Waals surface area contributed by atoms with Crippen molar-refractivity contribution in [1.29, 1.82) is 0 Å². The zero-order chi connectivity index (χ0) is 16.4. The maximum absolute atomic E-state index is 4.54. The van der Waals surface area contributed by atoms with Crippen LogP contribution in [-0.4, -0.2) is 6.21 Å². The van der Waals surface area contributed by atoms with E-state index in [1.165, 1.54) is 22.4 Å². The fraction of sp³-hybridized carbons (Fsp3) is 0.136. The van der Waals surface area contributed by atoms with Gasteiger partial charge in [0.05, 0.1) is 5.69 Å². The quantitative estimate of drug-likeness (QED) is 0.602. The van der Waals surface area contributed by atoms with Crippen molar-refractivity contribution in [2.45, 2.75) is 20.0 Å². The molecule has 0 aliphatic carbocycles. The second-order valence-electron chi connectivity index (χ2n) is 6.31. The lowest BCUT2D eigenvalue weighted by molar-refractivity contribution is 0.880. The van der Waals surface area contributed by atoms with Crippen LogP contribution in [0.25, 0.3) is 0 Å². The minimum Gasteiger partial charge on any atom is -0.363 e. The predicted molar refractivity (Wildman–Crippen MR) is 101 cm³/mol. The summed E-state index contributed by atoms with van der Waals surface area (Å²) < 4.78 is 0. The SMILES string of the molecule is Cc1ccc(N=Cc2ccc(N3Cc4ccccc4C3)cc2)cc1. The summed E-state index contributed by atoms with van der Waals surface area (Å²) in [6, 6.07) is 25.6. The van der Waals surface area contributed by atoms with Crippen molar-refractivity contribution in [3.05, 3.63) is 95.1 Å². The second-order valence-corrected chi connectivity index (χ2v) is 6.31. The van der Waals surface area contributed by atoms with Crippen LogP contribution in [0, 0.1) is 6.92 Å². The molecule has 0 fully saturated rings.